The Hall–Kier alpha value is -2.66. The van der Waals surface area contributed by atoms with Gasteiger partial charge >= 0.3 is 11.9 Å². The van der Waals surface area contributed by atoms with Gasteiger partial charge in [-0.15, -0.1) is 0 Å². The normalized spacial score (nSPS) is 11.7. The zero-order valence-electron chi connectivity index (χ0n) is 13.9. The van der Waals surface area contributed by atoms with E-state index in [0.717, 1.165) is 11.1 Å². The van der Waals surface area contributed by atoms with Crippen LogP contribution in [0.2, 0.25) is 0 Å². The summed E-state index contributed by atoms with van der Waals surface area (Å²) in [6.07, 6.45) is -0.185. The lowest BCUT2D eigenvalue weighted by Gasteiger charge is -2.16. The molecule has 2 rings (SSSR count). The largest absolute Gasteiger partial charge is 0.465 e. The number of aliphatic hydroxyl groups excluding tert-OH is 1. The molecule has 0 saturated heterocycles. The zero-order chi connectivity index (χ0) is 17.7. The average Bonchev–Trinajstić information content (AvgIpc) is 2.65. The van der Waals surface area contributed by atoms with Crippen LogP contribution in [0.1, 0.15) is 50.4 Å². The highest BCUT2D eigenvalue weighted by Gasteiger charge is 2.17. The van der Waals surface area contributed by atoms with E-state index in [1.165, 1.54) is 14.2 Å². The van der Waals surface area contributed by atoms with Crippen LogP contribution < -0.4 is 0 Å². The second-order valence-electron chi connectivity index (χ2n) is 5.27. The number of ether oxygens (including phenoxy) is 2. The standard InChI is InChI=1S/C19H20O5/c1-4-12-11-15(19(22)24-3)9-10-16(12)17(20)13-5-7-14(8-6-13)18(21)23-2/h5-11,17,20H,4H2,1-3H3. The van der Waals surface area contributed by atoms with Crippen molar-refractivity contribution in [3.05, 3.63) is 70.3 Å². The van der Waals surface area contributed by atoms with E-state index in [0.29, 0.717) is 23.1 Å². The number of aliphatic hydroxyl groups is 1. The lowest BCUT2D eigenvalue weighted by atomic mass is 9.93. The van der Waals surface area contributed by atoms with Gasteiger partial charge in [0.2, 0.25) is 0 Å². The number of aryl methyl sites for hydroxylation is 1. The van der Waals surface area contributed by atoms with E-state index in [9.17, 15) is 14.7 Å². The summed E-state index contributed by atoms with van der Waals surface area (Å²) in [6.45, 7) is 1.95. The van der Waals surface area contributed by atoms with Crippen LogP contribution in [0.4, 0.5) is 0 Å². The molecule has 0 amide bonds. The molecule has 0 aliphatic rings. The van der Waals surface area contributed by atoms with Gasteiger partial charge in [0.1, 0.15) is 6.10 Å². The highest BCUT2D eigenvalue weighted by atomic mass is 16.5. The van der Waals surface area contributed by atoms with Crippen LogP contribution >= 0.6 is 0 Å². The number of rotatable bonds is 5. The van der Waals surface area contributed by atoms with Crippen LogP contribution in [0.15, 0.2) is 42.5 Å². The van der Waals surface area contributed by atoms with Gasteiger partial charge in [-0.05, 0) is 47.4 Å². The fourth-order valence-corrected chi connectivity index (χ4v) is 2.52. The maximum absolute atomic E-state index is 11.6. The molecule has 0 aliphatic heterocycles. The van der Waals surface area contributed by atoms with Crippen molar-refractivity contribution in [2.75, 3.05) is 14.2 Å². The van der Waals surface area contributed by atoms with Crippen molar-refractivity contribution in [3.8, 4) is 0 Å². The van der Waals surface area contributed by atoms with E-state index >= 15 is 0 Å². The van der Waals surface area contributed by atoms with Gasteiger partial charge in [-0.2, -0.15) is 0 Å². The summed E-state index contributed by atoms with van der Waals surface area (Å²) in [5.74, 6) is -0.833. The topological polar surface area (TPSA) is 72.8 Å². The number of hydrogen-bond acceptors (Lipinski definition) is 5. The molecule has 0 aromatic heterocycles. The molecule has 1 unspecified atom stereocenters. The lowest BCUT2D eigenvalue weighted by molar-refractivity contribution is 0.0592. The van der Waals surface area contributed by atoms with Crippen molar-refractivity contribution < 1.29 is 24.2 Å². The molecule has 0 heterocycles. The Labute approximate surface area is 140 Å². The number of esters is 2. The first-order valence-corrected chi connectivity index (χ1v) is 7.59. The molecule has 1 atom stereocenters. The molecule has 2 aromatic rings. The molecule has 126 valence electrons. The molecular formula is C19H20O5. The molecular weight excluding hydrogens is 308 g/mol. The minimum Gasteiger partial charge on any atom is -0.465 e. The quantitative estimate of drug-likeness (QED) is 0.854. The van der Waals surface area contributed by atoms with Gasteiger partial charge in [0.15, 0.2) is 0 Å². The third-order valence-corrected chi connectivity index (χ3v) is 3.89. The summed E-state index contributed by atoms with van der Waals surface area (Å²) < 4.78 is 9.38. The van der Waals surface area contributed by atoms with Gasteiger partial charge in [0, 0.05) is 0 Å². The molecule has 0 bridgehead atoms. The van der Waals surface area contributed by atoms with Crippen molar-refractivity contribution in [2.45, 2.75) is 19.4 Å². The van der Waals surface area contributed by atoms with Crippen molar-refractivity contribution in [1.29, 1.82) is 0 Å². The summed E-state index contributed by atoms with van der Waals surface area (Å²) >= 11 is 0. The predicted molar refractivity (Wildman–Crippen MR) is 89.0 cm³/mol. The first-order chi connectivity index (χ1) is 11.5. The monoisotopic (exact) mass is 328 g/mol. The van der Waals surface area contributed by atoms with E-state index in [1.807, 2.05) is 6.92 Å². The molecule has 0 radical (unpaired) electrons. The Balaban J connectivity index is 2.33. The van der Waals surface area contributed by atoms with Crippen LogP contribution in [0, 0.1) is 0 Å². The maximum atomic E-state index is 11.6. The first kappa shape index (κ1) is 17.7. The minimum atomic E-state index is -0.849. The summed E-state index contributed by atoms with van der Waals surface area (Å²) in [5.41, 5.74) is 3.11. The van der Waals surface area contributed by atoms with Crippen LogP contribution in [0.5, 0.6) is 0 Å². The van der Waals surface area contributed by atoms with E-state index in [4.69, 9.17) is 4.74 Å². The second-order valence-corrected chi connectivity index (χ2v) is 5.27. The SMILES string of the molecule is CCc1cc(C(=O)OC)ccc1C(O)c1ccc(C(=O)OC)cc1. The van der Waals surface area contributed by atoms with Gasteiger partial charge in [-0.3, -0.25) is 0 Å². The van der Waals surface area contributed by atoms with Crippen LogP contribution in [0.3, 0.4) is 0 Å². The van der Waals surface area contributed by atoms with E-state index < -0.39 is 18.0 Å². The number of benzene rings is 2. The van der Waals surface area contributed by atoms with E-state index in [2.05, 4.69) is 4.74 Å². The third-order valence-electron chi connectivity index (χ3n) is 3.89. The fourth-order valence-electron chi connectivity index (χ4n) is 2.52. The minimum absolute atomic E-state index is 0.409. The molecule has 5 nitrogen and oxygen atoms in total. The van der Waals surface area contributed by atoms with Crippen LogP contribution in [-0.4, -0.2) is 31.3 Å². The highest BCUT2D eigenvalue weighted by molar-refractivity contribution is 5.90. The molecule has 0 saturated carbocycles. The van der Waals surface area contributed by atoms with E-state index in [-0.39, 0.29) is 0 Å². The van der Waals surface area contributed by atoms with Crippen molar-refractivity contribution in [2.24, 2.45) is 0 Å². The third kappa shape index (κ3) is 3.63. The fraction of sp³-hybridized carbons (Fsp3) is 0.263. The number of hydrogen-bond donors (Lipinski definition) is 1. The Morgan fingerprint density at radius 2 is 1.50 bits per heavy atom. The summed E-state index contributed by atoms with van der Waals surface area (Å²) in [6, 6.07) is 11.7. The molecule has 0 spiro atoms. The summed E-state index contributed by atoms with van der Waals surface area (Å²) in [4.78, 5) is 23.1. The smallest absolute Gasteiger partial charge is 0.337 e. The number of carbonyl (C=O) groups is 2. The molecule has 0 fully saturated rings. The Morgan fingerprint density at radius 1 is 0.958 bits per heavy atom. The Kier molecular flexibility index (Phi) is 5.71. The first-order valence-electron chi connectivity index (χ1n) is 7.59. The highest BCUT2D eigenvalue weighted by Crippen LogP contribution is 2.27. The van der Waals surface area contributed by atoms with Crippen LogP contribution in [-0.2, 0) is 15.9 Å². The van der Waals surface area contributed by atoms with E-state index in [1.54, 1.807) is 42.5 Å². The molecule has 24 heavy (non-hydrogen) atoms. The average molecular weight is 328 g/mol. The van der Waals surface area contributed by atoms with Crippen LogP contribution in [0.25, 0.3) is 0 Å². The van der Waals surface area contributed by atoms with Gasteiger partial charge < -0.3 is 14.6 Å². The lowest BCUT2D eigenvalue weighted by Crippen LogP contribution is -2.08. The van der Waals surface area contributed by atoms with Crippen molar-refractivity contribution in [1.82, 2.24) is 0 Å². The van der Waals surface area contributed by atoms with Crippen molar-refractivity contribution in [3.63, 3.8) is 0 Å². The molecule has 0 aliphatic carbocycles. The maximum Gasteiger partial charge on any atom is 0.337 e. The van der Waals surface area contributed by atoms with Crippen molar-refractivity contribution >= 4 is 11.9 Å². The second kappa shape index (κ2) is 7.75. The Bertz CT molecular complexity index is 734. The Morgan fingerprint density at radius 3 is 2.04 bits per heavy atom. The molecule has 1 N–H and O–H groups in total. The summed E-state index contributed by atoms with van der Waals surface area (Å²) in [5, 5.41) is 10.6. The van der Waals surface area contributed by atoms with Gasteiger partial charge in [-0.25, -0.2) is 9.59 Å². The molecule has 2 aromatic carbocycles. The zero-order valence-corrected chi connectivity index (χ0v) is 13.9. The van der Waals surface area contributed by atoms with Gasteiger partial charge in [0.05, 0.1) is 25.3 Å². The van der Waals surface area contributed by atoms with Gasteiger partial charge in [0.25, 0.3) is 0 Å². The number of carbonyl (C=O) groups excluding carboxylic acids is 2. The summed E-state index contributed by atoms with van der Waals surface area (Å²) in [7, 11) is 2.65. The molecule has 5 heteroatoms. The predicted octanol–water partition coefficient (Wildman–Crippen LogP) is 2.90. The van der Waals surface area contributed by atoms with Gasteiger partial charge in [-0.1, -0.05) is 25.1 Å². The number of methoxy groups -OCH3 is 2.